The fraction of sp³-hybridized carbons (Fsp3) is 0.316. The lowest BCUT2D eigenvalue weighted by Crippen LogP contribution is -2.55. The minimum absolute atomic E-state index is 0.0907. The van der Waals surface area contributed by atoms with Gasteiger partial charge >= 0.3 is 5.97 Å². The second-order valence-corrected chi connectivity index (χ2v) is 10.8. The molecular formula is C19H22N2O6S2. The molecule has 0 amide bonds. The van der Waals surface area contributed by atoms with E-state index in [0.717, 1.165) is 8.61 Å². The molecule has 0 N–H and O–H groups in total. The number of sulfonamides is 2. The van der Waals surface area contributed by atoms with Gasteiger partial charge in [-0.3, -0.25) is 4.79 Å². The Morgan fingerprint density at radius 2 is 1.69 bits per heavy atom. The first-order valence-corrected chi connectivity index (χ1v) is 11.8. The van der Waals surface area contributed by atoms with Crippen LogP contribution in [0.25, 0.3) is 0 Å². The first-order valence-electron chi connectivity index (χ1n) is 8.89. The summed E-state index contributed by atoms with van der Waals surface area (Å²) in [5, 5.41) is 0. The number of esters is 1. The highest BCUT2D eigenvalue weighted by atomic mass is 32.2. The largest absolute Gasteiger partial charge is 0.460 e. The molecule has 0 unspecified atom stereocenters. The Kier molecular flexibility index (Phi) is 6.08. The molecule has 3 rings (SSSR count). The molecule has 0 saturated carbocycles. The topological polar surface area (TPSA) is 101 Å². The van der Waals surface area contributed by atoms with Gasteiger partial charge in [-0.05, 0) is 36.2 Å². The molecule has 0 spiro atoms. The first-order chi connectivity index (χ1) is 13.6. The van der Waals surface area contributed by atoms with Crippen molar-refractivity contribution in [1.82, 2.24) is 8.61 Å². The predicted molar refractivity (Wildman–Crippen MR) is 106 cm³/mol. The van der Waals surface area contributed by atoms with Gasteiger partial charge in [0.05, 0.1) is 9.79 Å². The molecule has 1 aliphatic heterocycles. The third-order valence-electron chi connectivity index (χ3n) is 4.65. The molecule has 8 nitrogen and oxygen atoms in total. The average molecular weight is 439 g/mol. The Morgan fingerprint density at radius 3 is 2.28 bits per heavy atom. The Bertz CT molecular complexity index is 1100. The summed E-state index contributed by atoms with van der Waals surface area (Å²) in [6.45, 7) is 0.0961. The van der Waals surface area contributed by atoms with E-state index in [1.165, 1.54) is 38.4 Å². The standard InChI is InChI=1S/C19H22N2O6S2/c1-20(2)28(23,24)17-10-6-7-15(13-17)14-27-19(22)18-11-12-21(18)29(25,26)16-8-4-3-5-9-16/h3-10,13,18H,11-12,14H2,1-2H3/t18-/m0/s1. The van der Waals surface area contributed by atoms with Crippen LogP contribution in [0.2, 0.25) is 0 Å². The van der Waals surface area contributed by atoms with Crippen molar-refractivity contribution in [2.24, 2.45) is 0 Å². The summed E-state index contributed by atoms with van der Waals surface area (Å²) in [5.41, 5.74) is 0.498. The lowest BCUT2D eigenvalue weighted by molar-refractivity contribution is -0.152. The number of hydrogen-bond donors (Lipinski definition) is 0. The molecule has 1 heterocycles. The maximum absolute atomic E-state index is 12.7. The Morgan fingerprint density at radius 1 is 1.03 bits per heavy atom. The van der Waals surface area contributed by atoms with Crippen LogP contribution in [0.1, 0.15) is 12.0 Å². The van der Waals surface area contributed by atoms with Crippen LogP contribution in [0.15, 0.2) is 64.4 Å². The quantitative estimate of drug-likeness (QED) is 0.607. The maximum atomic E-state index is 12.7. The van der Waals surface area contributed by atoms with E-state index in [1.54, 1.807) is 30.3 Å². The van der Waals surface area contributed by atoms with Crippen molar-refractivity contribution in [2.45, 2.75) is 28.9 Å². The second kappa shape index (κ2) is 8.23. The number of rotatable bonds is 7. The van der Waals surface area contributed by atoms with Gasteiger partial charge in [0, 0.05) is 20.6 Å². The van der Waals surface area contributed by atoms with Crippen molar-refractivity contribution in [2.75, 3.05) is 20.6 Å². The molecule has 2 aromatic carbocycles. The van der Waals surface area contributed by atoms with E-state index in [-0.39, 0.29) is 22.9 Å². The lowest BCUT2D eigenvalue weighted by Gasteiger charge is -2.37. The van der Waals surface area contributed by atoms with Crippen molar-refractivity contribution < 1.29 is 26.4 Å². The van der Waals surface area contributed by atoms with Crippen molar-refractivity contribution in [3.63, 3.8) is 0 Å². The summed E-state index contributed by atoms with van der Waals surface area (Å²) in [7, 11) is -4.51. The zero-order chi connectivity index (χ0) is 21.2. The summed E-state index contributed by atoms with van der Waals surface area (Å²) in [6.07, 6.45) is 0.375. The van der Waals surface area contributed by atoms with Crippen molar-refractivity contribution in [1.29, 1.82) is 0 Å². The van der Waals surface area contributed by atoms with Gasteiger partial charge in [0.25, 0.3) is 0 Å². The number of benzene rings is 2. The van der Waals surface area contributed by atoms with Crippen LogP contribution >= 0.6 is 0 Å². The van der Waals surface area contributed by atoms with Crippen molar-refractivity contribution in [3.05, 3.63) is 60.2 Å². The fourth-order valence-electron chi connectivity index (χ4n) is 2.87. The van der Waals surface area contributed by atoms with Gasteiger partial charge in [-0.2, -0.15) is 4.31 Å². The molecule has 2 aromatic rings. The third-order valence-corrected chi connectivity index (χ3v) is 8.38. The van der Waals surface area contributed by atoms with Gasteiger partial charge in [-0.1, -0.05) is 30.3 Å². The molecule has 1 aliphatic rings. The van der Waals surface area contributed by atoms with Gasteiger partial charge < -0.3 is 4.74 Å². The fourth-order valence-corrected chi connectivity index (χ4v) is 5.49. The van der Waals surface area contributed by atoms with Crippen LogP contribution in [0, 0.1) is 0 Å². The van der Waals surface area contributed by atoms with Crippen LogP contribution in [-0.4, -0.2) is 58.1 Å². The number of hydrogen-bond acceptors (Lipinski definition) is 6. The van der Waals surface area contributed by atoms with Gasteiger partial charge in [-0.25, -0.2) is 21.1 Å². The van der Waals surface area contributed by atoms with E-state index in [4.69, 9.17) is 4.74 Å². The highest BCUT2D eigenvalue weighted by Crippen LogP contribution is 2.28. The van der Waals surface area contributed by atoms with Crippen LogP contribution in [0.4, 0.5) is 0 Å². The molecule has 0 aromatic heterocycles. The zero-order valence-electron chi connectivity index (χ0n) is 16.1. The molecule has 10 heteroatoms. The lowest BCUT2D eigenvalue weighted by atomic mass is 10.1. The van der Waals surface area contributed by atoms with E-state index in [9.17, 15) is 21.6 Å². The molecule has 0 radical (unpaired) electrons. The van der Waals surface area contributed by atoms with Crippen molar-refractivity contribution >= 4 is 26.0 Å². The van der Waals surface area contributed by atoms with Gasteiger partial charge in [0.15, 0.2) is 0 Å². The summed E-state index contributed by atoms with van der Waals surface area (Å²) in [6, 6.07) is 13.1. The molecule has 1 fully saturated rings. The molecular weight excluding hydrogens is 416 g/mol. The van der Waals surface area contributed by atoms with Gasteiger partial charge in [-0.15, -0.1) is 0 Å². The third kappa shape index (κ3) is 4.35. The van der Waals surface area contributed by atoms with E-state index >= 15 is 0 Å². The summed E-state index contributed by atoms with van der Waals surface area (Å²) < 4.78 is 57.3. The van der Waals surface area contributed by atoms with Crippen molar-refractivity contribution in [3.8, 4) is 0 Å². The molecule has 156 valence electrons. The number of carbonyl (C=O) groups is 1. The van der Waals surface area contributed by atoms with E-state index in [0.29, 0.717) is 12.0 Å². The molecule has 1 saturated heterocycles. The number of nitrogens with zero attached hydrogens (tertiary/aromatic N) is 2. The molecule has 0 bridgehead atoms. The van der Waals surface area contributed by atoms with Gasteiger partial charge in [0.1, 0.15) is 12.6 Å². The second-order valence-electron chi connectivity index (χ2n) is 6.78. The minimum Gasteiger partial charge on any atom is -0.460 e. The monoisotopic (exact) mass is 438 g/mol. The molecule has 1 atom stereocenters. The van der Waals surface area contributed by atoms with E-state index in [2.05, 4.69) is 0 Å². The molecule has 29 heavy (non-hydrogen) atoms. The highest BCUT2D eigenvalue weighted by molar-refractivity contribution is 7.89. The number of ether oxygens (including phenoxy) is 1. The van der Waals surface area contributed by atoms with Crippen LogP contribution in [0.5, 0.6) is 0 Å². The SMILES string of the molecule is CN(C)S(=O)(=O)c1cccc(COC(=O)[C@@H]2CCN2S(=O)(=O)c2ccccc2)c1. The first kappa shape index (κ1) is 21.4. The average Bonchev–Trinajstić information content (AvgIpc) is 2.66. The van der Waals surface area contributed by atoms with Crippen LogP contribution < -0.4 is 0 Å². The highest BCUT2D eigenvalue weighted by Gasteiger charge is 2.43. The summed E-state index contributed by atoms with van der Waals surface area (Å²) in [5.74, 6) is -0.656. The van der Waals surface area contributed by atoms with E-state index in [1.807, 2.05) is 0 Å². The Labute approximate surface area is 170 Å². The van der Waals surface area contributed by atoms with Gasteiger partial charge in [0.2, 0.25) is 20.0 Å². The van der Waals surface area contributed by atoms with E-state index < -0.39 is 32.1 Å². The number of carbonyl (C=O) groups excluding carboxylic acids is 1. The molecule has 0 aliphatic carbocycles. The Hall–Kier alpha value is -2.27. The zero-order valence-corrected chi connectivity index (χ0v) is 17.7. The van der Waals surface area contributed by atoms with Crippen LogP contribution in [0.3, 0.4) is 0 Å². The smallest absolute Gasteiger partial charge is 0.324 e. The normalized spacial score (nSPS) is 17.7. The maximum Gasteiger partial charge on any atom is 0.324 e. The summed E-state index contributed by atoms with van der Waals surface area (Å²) in [4.78, 5) is 12.6. The predicted octanol–water partition coefficient (Wildman–Crippen LogP) is 1.44. The summed E-state index contributed by atoms with van der Waals surface area (Å²) >= 11 is 0. The minimum atomic E-state index is -3.77. The van der Waals surface area contributed by atoms with Crippen LogP contribution in [-0.2, 0) is 36.2 Å². The Balaban J connectivity index is 1.68.